The van der Waals surface area contributed by atoms with Gasteiger partial charge >= 0.3 is 0 Å². The molecule has 1 aromatic rings. The lowest BCUT2D eigenvalue weighted by Crippen LogP contribution is -2.12. The first-order valence-corrected chi connectivity index (χ1v) is 5.33. The average Bonchev–Trinajstić information content (AvgIpc) is 2.30. The van der Waals surface area contributed by atoms with Gasteiger partial charge in [-0.1, -0.05) is 31.6 Å². The summed E-state index contributed by atoms with van der Waals surface area (Å²) in [5.41, 5.74) is 6.75. The second kappa shape index (κ2) is 5.95. The van der Waals surface area contributed by atoms with Gasteiger partial charge in [0.15, 0.2) is 0 Å². The van der Waals surface area contributed by atoms with Gasteiger partial charge in [0, 0.05) is 5.57 Å². The van der Waals surface area contributed by atoms with Crippen LogP contribution in [0.25, 0.3) is 5.57 Å². The van der Waals surface area contributed by atoms with E-state index in [9.17, 15) is 4.79 Å². The molecule has 1 amide bonds. The first-order chi connectivity index (χ1) is 7.69. The molecular weight excluding hydrogens is 202 g/mol. The third-order valence-corrected chi connectivity index (χ3v) is 2.30. The maximum Gasteiger partial charge on any atom is 0.248 e. The lowest BCUT2D eigenvalue weighted by molar-refractivity contribution is -0.112. The minimum Gasteiger partial charge on any atom is -0.497 e. The van der Waals surface area contributed by atoms with Gasteiger partial charge in [0.25, 0.3) is 0 Å². The number of allylic oxidation sites excluding steroid dienone is 1. The molecule has 0 unspecified atom stereocenters. The van der Waals surface area contributed by atoms with Crippen LogP contribution in [0.5, 0.6) is 5.75 Å². The number of nitrogens with two attached hydrogens (primary N) is 1. The summed E-state index contributed by atoms with van der Waals surface area (Å²) in [6.07, 6.45) is 3.72. The van der Waals surface area contributed by atoms with Gasteiger partial charge in [-0.3, -0.25) is 4.79 Å². The summed E-state index contributed by atoms with van der Waals surface area (Å²) >= 11 is 0. The van der Waals surface area contributed by atoms with E-state index in [-0.39, 0.29) is 0 Å². The first-order valence-electron chi connectivity index (χ1n) is 5.33. The minimum absolute atomic E-state index is 0.390. The molecule has 2 N–H and O–H groups in total. The van der Waals surface area contributed by atoms with Crippen molar-refractivity contribution in [2.45, 2.75) is 19.8 Å². The van der Waals surface area contributed by atoms with Crippen molar-refractivity contribution < 1.29 is 9.53 Å². The summed E-state index contributed by atoms with van der Waals surface area (Å²) in [4.78, 5) is 11.3. The van der Waals surface area contributed by atoms with Crippen LogP contribution in [0.3, 0.4) is 0 Å². The number of carbonyl (C=O) groups excluding carboxylic acids is 1. The van der Waals surface area contributed by atoms with Gasteiger partial charge in [-0.2, -0.15) is 0 Å². The summed E-state index contributed by atoms with van der Waals surface area (Å²) in [5, 5.41) is 0. The smallest absolute Gasteiger partial charge is 0.248 e. The minimum atomic E-state index is -0.390. The van der Waals surface area contributed by atoms with Crippen molar-refractivity contribution in [1.29, 1.82) is 0 Å². The highest BCUT2D eigenvalue weighted by molar-refractivity contribution is 6.18. The van der Waals surface area contributed by atoms with Crippen LogP contribution in [0.1, 0.15) is 25.3 Å². The molecule has 1 aromatic carbocycles. The SMILES string of the molecule is CCC/C=C(/C(N)=O)c1ccc(OC)cc1. The number of methoxy groups -OCH3 is 1. The van der Waals surface area contributed by atoms with Crippen LogP contribution >= 0.6 is 0 Å². The fraction of sp³-hybridized carbons (Fsp3) is 0.308. The van der Waals surface area contributed by atoms with Crippen molar-refractivity contribution in [2.75, 3.05) is 7.11 Å². The Labute approximate surface area is 95.9 Å². The summed E-state index contributed by atoms with van der Waals surface area (Å²) in [7, 11) is 1.61. The van der Waals surface area contributed by atoms with Gasteiger partial charge < -0.3 is 10.5 Å². The van der Waals surface area contributed by atoms with E-state index >= 15 is 0 Å². The van der Waals surface area contributed by atoms with E-state index in [1.807, 2.05) is 30.3 Å². The molecular formula is C13H17NO2. The molecule has 1 rings (SSSR count). The molecule has 0 aliphatic rings. The lowest BCUT2D eigenvalue weighted by atomic mass is 10.0. The Balaban J connectivity index is 2.97. The molecule has 0 aromatic heterocycles. The van der Waals surface area contributed by atoms with Crippen LogP contribution in [-0.4, -0.2) is 13.0 Å². The molecule has 0 fully saturated rings. The summed E-state index contributed by atoms with van der Waals surface area (Å²) < 4.78 is 5.05. The molecule has 0 heterocycles. The Morgan fingerprint density at radius 3 is 2.44 bits per heavy atom. The lowest BCUT2D eigenvalue weighted by Gasteiger charge is -2.05. The fourth-order valence-corrected chi connectivity index (χ4v) is 1.42. The van der Waals surface area contributed by atoms with Gasteiger partial charge in [0.2, 0.25) is 5.91 Å². The standard InChI is InChI=1S/C13H17NO2/c1-3-4-5-12(13(14)15)10-6-8-11(16-2)9-7-10/h5-9H,3-4H2,1-2H3,(H2,14,15)/b12-5+. The Bertz CT molecular complexity index is 379. The number of benzene rings is 1. The highest BCUT2D eigenvalue weighted by Crippen LogP contribution is 2.19. The molecule has 86 valence electrons. The zero-order chi connectivity index (χ0) is 12.0. The van der Waals surface area contributed by atoms with Crippen LogP contribution in [0.15, 0.2) is 30.3 Å². The number of carbonyl (C=O) groups is 1. The molecule has 0 radical (unpaired) electrons. The highest BCUT2D eigenvalue weighted by atomic mass is 16.5. The van der Waals surface area contributed by atoms with Crippen LogP contribution < -0.4 is 10.5 Å². The zero-order valence-electron chi connectivity index (χ0n) is 9.69. The molecule has 0 aliphatic carbocycles. The first kappa shape index (κ1) is 12.3. The van der Waals surface area contributed by atoms with Gasteiger partial charge in [0.05, 0.1) is 7.11 Å². The third-order valence-electron chi connectivity index (χ3n) is 2.30. The number of hydrogen-bond acceptors (Lipinski definition) is 2. The molecule has 16 heavy (non-hydrogen) atoms. The second-order valence-corrected chi connectivity index (χ2v) is 3.50. The summed E-state index contributed by atoms with van der Waals surface area (Å²) in [6.45, 7) is 2.06. The quantitative estimate of drug-likeness (QED) is 0.773. The van der Waals surface area contributed by atoms with E-state index in [0.29, 0.717) is 5.57 Å². The topological polar surface area (TPSA) is 52.3 Å². The maximum absolute atomic E-state index is 11.3. The second-order valence-electron chi connectivity index (χ2n) is 3.50. The summed E-state index contributed by atoms with van der Waals surface area (Å²) in [6, 6.07) is 7.31. The molecule has 0 spiro atoms. The van der Waals surface area contributed by atoms with E-state index in [2.05, 4.69) is 6.92 Å². The monoisotopic (exact) mass is 219 g/mol. The van der Waals surface area contributed by atoms with Gasteiger partial charge in [-0.25, -0.2) is 0 Å². The van der Waals surface area contributed by atoms with Crippen molar-refractivity contribution in [3.63, 3.8) is 0 Å². The highest BCUT2D eigenvalue weighted by Gasteiger charge is 2.07. The molecule has 0 bridgehead atoms. The molecule has 0 aliphatic heterocycles. The van der Waals surface area contributed by atoms with Gasteiger partial charge in [-0.15, -0.1) is 0 Å². The van der Waals surface area contributed by atoms with Crippen molar-refractivity contribution in [3.05, 3.63) is 35.9 Å². The largest absolute Gasteiger partial charge is 0.497 e. The van der Waals surface area contributed by atoms with Gasteiger partial charge in [-0.05, 0) is 24.1 Å². The molecule has 3 heteroatoms. The predicted octanol–water partition coefficient (Wildman–Crippen LogP) is 2.36. The van der Waals surface area contributed by atoms with Crippen molar-refractivity contribution >= 4 is 11.5 Å². The van der Waals surface area contributed by atoms with Crippen LogP contribution in [-0.2, 0) is 4.79 Å². The average molecular weight is 219 g/mol. The zero-order valence-corrected chi connectivity index (χ0v) is 9.69. The number of rotatable bonds is 5. The molecule has 0 atom stereocenters. The van der Waals surface area contributed by atoms with Crippen LogP contribution in [0.4, 0.5) is 0 Å². The van der Waals surface area contributed by atoms with Crippen LogP contribution in [0.2, 0.25) is 0 Å². The van der Waals surface area contributed by atoms with E-state index in [0.717, 1.165) is 24.2 Å². The third kappa shape index (κ3) is 3.12. The molecule has 3 nitrogen and oxygen atoms in total. The van der Waals surface area contributed by atoms with Crippen molar-refractivity contribution in [1.82, 2.24) is 0 Å². The number of unbranched alkanes of at least 4 members (excludes halogenated alkanes) is 1. The fourth-order valence-electron chi connectivity index (χ4n) is 1.42. The Kier molecular flexibility index (Phi) is 4.58. The predicted molar refractivity (Wildman–Crippen MR) is 65.1 cm³/mol. The Morgan fingerprint density at radius 1 is 1.38 bits per heavy atom. The summed E-state index contributed by atoms with van der Waals surface area (Å²) in [5.74, 6) is 0.377. The van der Waals surface area contributed by atoms with E-state index in [1.165, 1.54) is 0 Å². The molecule has 0 saturated heterocycles. The normalized spacial score (nSPS) is 11.2. The maximum atomic E-state index is 11.3. The number of ether oxygens (including phenoxy) is 1. The Morgan fingerprint density at radius 2 is 2.00 bits per heavy atom. The van der Waals surface area contributed by atoms with E-state index < -0.39 is 5.91 Å². The van der Waals surface area contributed by atoms with E-state index in [4.69, 9.17) is 10.5 Å². The molecule has 0 saturated carbocycles. The number of primary amides is 1. The Hall–Kier alpha value is -1.77. The van der Waals surface area contributed by atoms with E-state index in [1.54, 1.807) is 7.11 Å². The van der Waals surface area contributed by atoms with Gasteiger partial charge in [0.1, 0.15) is 5.75 Å². The van der Waals surface area contributed by atoms with Crippen LogP contribution in [0, 0.1) is 0 Å². The van der Waals surface area contributed by atoms with Crippen molar-refractivity contribution in [2.24, 2.45) is 5.73 Å². The van der Waals surface area contributed by atoms with Crippen molar-refractivity contribution in [3.8, 4) is 5.75 Å². The number of hydrogen-bond donors (Lipinski definition) is 1. The number of amides is 1.